The number of aromatic nitrogens is 1. The maximum atomic E-state index is 12.8. The Morgan fingerprint density at radius 1 is 1.29 bits per heavy atom. The highest BCUT2D eigenvalue weighted by molar-refractivity contribution is 7.99. The minimum absolute atomic E-state index is 0.187. The first-order valence-electron chi connectivity index (χ1n) is 8.80. The van der Waals surface area contributed by atoms with Crippen LogP contribution in [0.2, 0.25) is 0 Å². The second-order valence-corrected chi connectivity index (χ2v) is 8.33. The smallest absolute Gasteiger partial charge is 0.253 e. The molecule has 1 aromatic carbocycles. The van der Waals surface area contributed by atoms with Gasteiger partial charge in [0.2, 0.25) is 0 Å². The molecule has 1 fully saturated rings. The maximum Gasteiger partial charge on any atom is 0.253 e. The molecule has 1 saturated heterocycles. The average Bonchev–Trinajstić information content (AvgIpc) is 2.98. The summed E-state index contributed by atoms with van der Waals surface area (Å²) in [5, 5.41) is 1.24. The van der Waals surface area contributed by atoms with E-state index in [2.05, 4.69) is 36.1 Å². The number of amides is 1. The summed E-state index contributed by atoms with van der Waals surface area (Å²) in [6, 6.07) is 6.78. The highest BCUT2D eigenvalue weighted by atomic mass is 32.2. The molecule has 1 aromatic heterocycles. The van der Waals surface area contributed by atoms with Crippen LogP contribution in [0.5, 0.6) is 0 Å². The van der Waals surface area contributed by atoms with E-state index in [1.807, 2.05) is 22.7 Å². The molecule has 0 bridgehead atoms. The molecular formula is C19H25N3OS. The number of H-pyrrole nitrogens is 1. The summed E-state index contributed by atoms with van der Waals surface area (Å²) in [4.78, 5) is 20.7. The van der Waals surface area contributed by atoms with E-state index in [0.29, 0.717) is 6.04 Å². The fourth-order valence-electron chi connectivity index (χ4n) is 3.92. The summed E-state index contributed by atoms with van der Waals surface area (Å²) in [5.41, 5.74) is 4.79. The van der Waals surface area contributed by atoms with E-state index in [0.717, 1.165) is 43.0 Å². The molecule has 2 aromatic rings. The van der Waals surface area contributed by atoms with Crippen molar-refractivity contribution >= 4 is 28.6 Å². The maximum absolute atomic E-state index is 12.8. The highest BCUT2D eigenvalue weighted by Gasteiger charge is 2.25. The molecule has 2 heterocycles. The van der Waals surface area contributed by atoms with Gasteiger partial charge in [-0.25, -0.2) is 0 Å². The van der Waals surface area contributed by atoms with Crippen molar-refractivity contribution in [2.45, 2.75) is 25.3 Å². The van der Waals surface area contributed by atoms with Crippen LogP contribution in [-0.4, -0.2) is 65.4 Å². The van der Waals surface area contributed by atoms with Gasteiger partial charge in [0.15, 0.2) is 0 Å². The number of nitrogens with zero attached hydrogens (tertiary/aromatic N) is 2. The molecule has 1 aliphatic carbocycles. The molecule has 5 heteroatoms. The minimum Gasteiger partial charge on any atom is -0.358 e. The molecule has 4 nitrogen and oxygen atoms in total. The third-order valence-electron chi connectivity index (χ3n) is 5.44. The lowest BCUT2D eigenvalue weighted by atomic mass is 9.90. The molecule has 2 aliphatic rings. The molecule has 128 valence electrons. The molecule has 1 amide bonds. The Morgan fingerprint density at radius 2 is 2.08 bits per heavy atom. The molecule has 1 atom stereocenters. The van der Waals surface area contributed by atoms with Crippen LogP contribution >= 0.6 is 11.8 Å². The van der Waals surface area contributed by atoms with Gasteiger partial charge in [0.05, 0.1) is 0 Å². The molecule has 0 saturated carbocycles. The van der Waals surface area contributed by atoms with Gasteiger partial charge in [0.1, 0.15) is 0 Å². The van der Waals surface area contributed by atoms with Crippen LogP contribution in [0.15, 0.2) is 18.2 Å². The monoisotopic (exact) mass is 343 g/mol. The lowest BCUT2D eigenvalue weighted by Crippen LogP contribution is -2.37. The van der Waals surface area contributed by atoms with E-state index in [1.54, 1.807) is 0 Å². The highest BCUT2D eigenvalue weighted by Crippen LogP contribution is 2.31. The quantitative estimate of drug-likeness (QED) is 0.911. The Morgan fingerprint density at radius 3 is 2.83 bits per heavy atom. The van der Waals surface area contributed by atoms with Gasteiger partial charge in [-0.15, -0.1) is 0 Å². The zero-order valence-electron chi connectivity index (χ0n) is 14.5. The van der Waals surface area contributed by atoms with Gasteiger partial charge in [-0.3, -0.25) is 4.79 Å². The van der Waals surface area contributed by atoms with Gasteiger partial charge in [-0.2, -0.15) is 11.8 Å². The van der Waals surface area contributed by atoms with Crippen molar-refractivity contribution in [3.8, 4) is 0 Å². The van der Waals surface area contributed by atoms with E-state index < -0.39 is 0 Å². The largest absolute Gasteiger partial charge is 0.358 e. The van der Waals surface area contributed by atoms with Gasteiger partial charge >= 0.3 is 0 Å². The van der Waals surface area contributed by atoms with Gasteiger partial charge < -0.3 is 14.8 Å². The Labute approximate surface area is 147 Å². The number of carbonyl (C=O) groups is 1. The predicted molar refractivity (Wildman–Crippen MR) is 101 cm³/mol. The van der Waals surface area contributed by atoms with E-state index in [-0.39, 0.29) is 5.91 Å². The number of aryl methyl sites for hydroxylation is 1. The zero-order chi connectivity index (χ0) is 16.7. The Balaban J connectivity index is 1.67. The van der Waals surface area contributed by atoms with Crippen molar-refractivity contribution in [1.29, 1.82) is 0 Å². The first-order valence-corrected chi connectivity index (χ1v) is 9.96. The molecule has 1 N–H and O–H groups in total. The van der Waals surface area contributed by atoms with Gasteiger partial charge in [-0.05, 0) is 57.1 Å². The lowest BCUT2D eigenvalue weighted by Gasteiger charge is -2.28. The van der Waals surface area contributed by atoms with E-state index >= 15 is 0 Å². The number of nitrogens with one attached hydrogen (secondary N) is 1. The molecule has 1 unspecified atom stereocenters. The summed E-state index contributed by atoms with van der Waals surface area (Å²) in [7, 11) is 4.32. The SMILES string of the molecule is CN(C)C1CCc2[nH]c3ccc(C(=O)N4CCSCC4)cc3c2C1. The summed E-state index contributed by atoms with van der Waals surface area (Å²) < 4.78 is 0. The number of rotatable bonds is 2. The van der Waals surface area contributed by atoms with Crippen LogP contribution in [0.4, 0.5) is 0 Å². The van der Waals surface area contributed by atoms with Crippen LogP contribution in [0, 0.1) is 0 Å². The van der Waals surface area contributed by atoms with Crippen LogP contribution in [-0.2, 0) is 12.8 Å². The molecule has 24 heavy (non-hydrogen) atoms. The van der Waals surface area contributed by atoms with E-state index in [1.165, 1.54) is 28.6 Å². The number of benzene rings is 1. The molecule has 0 radical (unpaired) electrons. The fourth-order valence-corrected chi connectivity index (χ4v) is 4.82. The Bertz CT molecular complexity index is 761. The van der Waals surface area contributed by atoms with Crippen molar-refractivity contribution in [3.63, 3.8) is 0 Å². The van der Waals surface area contributed by atoms with E-state index in [4.69, 9.17) is 0 Å². The fraction of sp³-hybridized carbons (Fsp3) is 0.526. The number of hydrogen-bond donors (Lipinski definition) is 1. The number of aromatic amines is 1. The van der Waals surface area contributed by atoms with Crippen molar-refractivity contribution in [2.24, 2.45) is 0 Å². The lowest BCUT2D eigenvalue weighted by molar-refractivity contribution is 0.0772. The van der Waals surface area contributed by atoms with Crippen LogP contribution in [0.3, 0.4) is 0 Å². The zero-order valence-corrected chi connectivity index (χ0v) is 15.3. The van der Waals surface area contributed by atoms with E-state index in [9.17, 15) is 4.79 Å². The third-order valence-corrected chi connectivity index (χ3v) is 6.38. The van der Waals surface area contributed by atoms with Gasteiger partial charge in [-0.1, -0.05) is 0 Å². The summed E-state index contributed by atoms with van der Waals surface area (Å²) in [6.07, 6.45) is 3.36. The number of thioether (sulfide) groups is 1. The second kappa shape index (κ2) is 6.45. The molecular weight excluding hydrogens is 318 g/mol. The average molecular weight is 343 g/mol. The summed E-state index contributed by atoms with van der Waals surface area (Å²) in [5.74, 6) is 2.29. The first kappa shape index (κ1) is 16.0. The van der Waals surface area contributed by atoms with Crippen LogP contribution in [0.1, 0.15) is 28.0 Å². The van der Waals surface area contributed by atoms with Crippen LogP contribution in [0.25, 0.3) is 10.9 Å². The summed E-state index contributed by atoms with van der Waals surface area (Å²) >= 11 is 1.93. The number of hydrogen-bond acceptors (Lipinski definition) is 3. The van der Waals surface area contributed by atoms with Crippen LogP contribution < -0.4 is 0 Å². The number of carbonyl (C=O) groups excluding carboxylic acids is 1. The molecule has 1 aliphatic heterocycles. The second-order valence-electron chi connectivity index (χ2n) is 7.11. The van der Waals surface area contributed by atoms with Crippen molar-refractivity contribution < 1.29 is 4.79 Å². The van der Waals surface area contributed by atoms with Crippen molar-refractivity contribution in [1.82, 2.24) is 14.8 Å². The normalized spacial score (nSPS) is 21.3. The van der Waals surface area contributed by atoms with Gasteiger partial charge in [0.25, 0.3) is 5.91 Å². The standard InChI is InChI=1S/C19H25N3OS/c1-21(2)14-4-6-18-16(12-14)15-11-13(3-5-17(15)20-18)19(23)22-7-9-24-10-8-22/h3,5,11,14,20H,4,6-10,12H2,1-2H3. The Hall–Kier alpha value is -1.46. The molecule has 0 spiro atoms. The number of fused-ring (bicyclic) bond motifs is 3. The Kier molecular flexibility index (Phi) is 4.31. The number of likely N-dealkylation sites (N-methyl/N-ethyl adjacent to an activating group) is 1. The van der Waals surface area contributed by atoms with Crippen molar-refractivity contribution in [3.05, 3.63) is 35.0 Å². The predicted octanol–water partition coefficient (Wildman–Crippen LogP) is 2.78. The minimum atomic E-state index is 0.187. The van der Waals surface area contributed by atoms with Crippen molar-refractivity contribution in [2.75, 3.05) is 38.7 Å². The van der Waals surface area contributed by atoms with Gasteiger partial charge in [0, 0.05) is 52.8 Å². The molecule has 4 rings (SSSR count). The third kappa shape index (κ3) is 2.84. The first-order chi connectivity index (χ1) is 11.6. The summed E-state index contributed by atoms with van der Waals surface area (Å²) in [6.45, 7) is 1.74. The topological polar surface area (TPSA) is 39.3 Å².